The summed E-state index contributed by atoms with van der Waals surface area (Å²) < 4.78 is 33.3. The molecule has 2 aromatic carbocycles. The second kappa shape index (κ2) is 7.75. The summed E-state index contributed by atoms with van der Waals surface area (Å²) in [6.07, 6.45) is 3.28. The van der Waals surface area contributed by atoms with E-state index in [-0.39, 0.29) is 11.4 Å². The second-order valence-electron chi connectivity index (χ2n) is 6.07. The Bertz CT molecular complexity index is 1160. The van der Waals surface area contributed by atoms with Crippen LogP contribution in [-0.4, -0.2) is 18.4 Å². The van der Waals surface area contributed by atoms with Gasteiger partial charge in [-0.15, -0.1) is 0 Å². The predicted molar refractivity (Wildman–Crippen MR) is 106 cm³/mol. The van der Waals surface area contributed by atoms with E-state index in [4.69, 9.17) is 4.42 Å². The molecule has 0 spiro atoms. The average molecular weight is 391 g/mol. The molecule has 0 saturated heterocycles. The van der Waals surface area contributed by atoms with Crippen LogP contribution in [0.3, 0.4) is 0 Å². The molecular weight excluding hydrogens is 374 g/mol. The van der Waals surface area contributed by atoms with Crippen LogP contribution in [-0.2, 0) is 16.6 Å². The maximum absolute atomic E-state index is 12.5. The van der Waals surface area contributed by atoms with Gasteiger partial charge in [-0.3, -0.25) is 4.98 Å². The normalized spacial score (nSPS) is 11.4. The summed E-state index contributed by atoms with van der Waals surface area (Å²) >= 11 is 0. The third-order valence-corrected chi connectivity index (χ3v) is 5.56. The van der Waals surface area contributed by atoms with E-state index in [0.717, 1.165) is 5.56 Å². The molecule has 0 radical (unpaired) electrons. The summed E-state index contributed by atoms with van der Waals surface area (Å²) in [4.78, 5) is 8.57. The largest absolute Gasteiger partial charge is 0.436 e. The highest BCUT2D eigenvalue weighted by Crippen LogP contribution is 2.26. The van der Waals surface area contributed by atoms with Gasteiger partial charge in [-0.2, -0.15) is 0 Å². The molecule has 0 fully saturated rings. The van der Waals surface area contributed by atoms with E-state index in [2.05, 4.69) is 14.7 Å². The predicted octanol–water partition coefficient (Wildman–Crippen LogP) is 3.88. The summed E-state index contributed by atoms with van der Waals surface area (Å²) in [6, 6.07) is 21.4. The highest BCUT2D eigenvalue weighted by molar-refractivity contribution is 7.89. The number of pyridine rings is 1. The molecule has 4 aromatic rings. The van der Waals surface area contributed by atoms with E-state index >= 15 is 0 Å². The van der Waals surface area contributed by atoms with Crippen molar-refractivity contribution in [3.05, 3.63) is 90.9 Å². The Labute approximate surface area is 163 Å². The van der Waals surface area contributed by atoms with Crippen molar-refractivity contribution in [2.75, 3.05) is 0 Å². The Hall–Kier alpha value is -3.29. The summed E-state index contributed by atoms with van der Waals surface area (Å²) in [6.45, 7) is 0.130. The molecule has 0 amide bonds. The lowest BCUT2D eigenvalue weighted by molar-refractivity contribution is 0.579. The fraction of sp³-hybridized carbons (Fsp3) is 0.0476. The molecule has 0 aliphatic heterocycles. The van der Waals surface area contributed by atoms with Crippen LogP contribution in [0.15, 0.2) is 94.5 Å². The number of oxazole rings is 1. The van der Waals surface area contributed by atoms with E-state index in [1.807, 2.05) is 36.4 Å². The van der Waals surface area contributed by atoms with Crippen molar-refractivity contribution in [2.45, 2.75) is 11.4 Å². The molecule has 4 rings (SSSR count). The fourth-order valence-electron chi connectivity index (χ4n) is 2.68. The van der Waals surface area contributed by atoms with Gasteiger partial charge in [0, 0.05) is 17.3 Å². The van der Waals surface area contributed by atoms with E-state index in [1.54, 1.807) is 36.7 Å². The second-order valence-corrected chi connectivity index (χ2v) is 7.83. The minimum absolute atomic E-state index is 0.130. The van der Waals surface area contributed by atoms with Crippen molar-refractivity contribution >= 4 is 10.0 Å². The minimum atomic E-state index is -3.64. The van der Waals surface area contributed by atoms with Gasteiger partial charge in [0.05, 0.1) is 23.3 Å². The number of nitrogens with one attached hydrogen (secondary N) is 1. The van der Waals surface area contributed by atoms with Crippen LogP contribution < -0.4 is 4.72 Å². The van der Waals surface area contributed by atoms with E-state index in [1.165, 1.54) is 12.1 Å². The Balaban J connectivity index is 1.50. The van der Waals surface area contributed by atoms with Gasteiger partial charge in [0.25, 0.3) is 0 Å². The molecule has 0 bridgehead atoms. The molecule has 0 saturated carbocycles. The van der Waals surface area contributed by atoms with Gasteiger partial charge in [0.2, 0.25) is 15.9 Å². The summed E-state index contributed by atoms with van der Waals surface area (Å²) in [5, 5.41) is 0. The zero-order valence-corrected chi connectivity index (χ0v) is 15.6. The van der Waals surface area contributed by atoms with Crippen molar-refractivity contribution in [1.29, 1.82) is 0 Å². The van der Waals surface area contributed by atoms with Crippen molar-refractivity contribution < 1.29 is 12.8 Å². The fourth-order valence-corrected chi connectivity index (χ4v) is 3.67. The van der Waals surface area contributed by atoms with Crippen molar-refractivity contribution in [3.63, 3.8) is 0 Å². The lowest BCUT2D eigenvalue weighted by Gasteiger charge is -2.07. The Morgan fingerprint density at radius 3 is 2.29 bits per heavy atom. The van der Waals surface area contributed by atoms with Crippen LogP contribution in [0, 0.1) is 0 Å². The minimum Gasteiger partial charge on any atom is -0.436 e. The zero-order valence-electron chi connectivity index (χ0n) is 14.8. The number of rotatable bonds is 6. The molecule has 0 unspecified atom stereocenters. The first-order chi connectivity index (χ1) is 13.6. The number of nitrogens with zero attached hydrogens (tertiary/aromatic N) is 2. The third kappa shape index (κ3) is 4.00. The molecule has 28 heavy (non-hydrogen) atoms. The number of hydrogen-bond donors (Lipinski definition) is 1. The van der Waals surface area contributed by atoms with E-state index in [0.29, 0.717) is 22.9 Å². The lowest BCUT2D eigenvalue weighted by atomic mass is 10.2. The first-order valence-electron chi connectivity index (χ1n) is 8.63. The topological polar surface area (TPSA) is 85.1 Å². The first-order valence-corrected chi connectivity index (χ1v) is 10.1. The van der Waals surface area contributed by atoms with Gasteiger partial charge >= 0.3 is 0 Å². The summed E-state index contributed by atoms with van der Waals surface area (Å²) in [5.41, 5.74) is 2.28. The average Bonchev–Trinajstić information content (AvgIpc) is 3.24. The van der Waals surface area contributed by atoms with E-state index < -0.39 is 10.0 Å². The first kappa shape index (κ1) is 18.1. The van der Waals surface area contributed by atoms with Crippen molar-refractivity contribution in [1.82, 2.24) is 14.7 Å². The molecule has 1 N–H and O–H groups in total. The number of aromatic nitrogens is 2. The molecular formula is C21H17N3O3S. The molecule has 0 atom stereocenters. The molecule has 140 valence electrons. The smallest absolute Gasteiger partial charge is 0.240 e. The van der Waals surface area contributed by atoms with E-state index in [9.17, 15) is 8.42 Å². The SMILES string of the molecule is O=S(=O)(NCc1ccccn1)c1ccc(-c2ncc(-c3ccccc3)o2)cc1. The van der Waals surface area contributed by atoms with Gasteiger partial charge in [-0.25, -0.2) is 18.1 Å². The lowest BCUT2D eigenvalue weighted by Crippen LogP contribution is -2.23. The van der Waals surface area contributed by atoms with Gasteiger partial charge in [-0.05, 0) is 36.4 Å². The van der Waals surface area contributed by atoms with Crippen LogP contribution >= 0.6 is 0 Å². The summed E-state index contributed by atoms with van der Waals surface area (Å²) in [5.74, 6) is 1.09. The van der Waals surface area contributed by atoms with Gasteiger partial charge in [0.1, 0.15) is 0 Å². The quantitative estimate of drug-likeness (QED) is 0.539. The molecule has 6 nitrogen and oxygen atoms in total. The summed E-state index contributed by atoms with van der Waals surface area (Å²) in [7, 11) is -3.64. The van der Waals surface area contributed by atoms with Crippen molar-refractivity contribution in [3.8, 4) is 22.8 Å². The molecule has 0 aliphatic rings. The van der Waals surface area contributed by atoms with Crippen LogP contribution in [0.2, 0.25) is 0 Å². The maximum Gasteiger partial charge on any atom is 0.240 e. The number of hydrogen-bond acceptors (Lipinski definition) is 5. The number of sulfonamides is 1. The molecule has 2 aromatic heterocycles. The Kier molecular flexibility index (Phi) is 5.01. The van der Waals surface area contributed by atoms with Crippen molar-refractivity contribution in [2.24, 2.45) is 0 Å². The van der Waals surface area contributed by atoms with Crippen LogP contribution in [0.1, 0.15) is 5.69 Å². The van der Waals surface area contributed by atoms with Gasteiger partial charge in [-0.1, -0.05) is 36.4 Å². The van der Waals surface area contributed by atoms with Gasteiger partial charge < -0.3 is 4.42 Å². The maximum atomic E-state index is 12.5. The molecule has 2 heterocycles. The molecule has 0 aliphatic carbocycles. The molecule has 7 heteroatoms. The number of benzene rings is 2. The third-order valence-electron chi connectivity index (χ3n) is 4.15. The Morgan fingerprint density at radius 1 is 0.821 bits per heavy atom. The monoisotopic (exact) mass is 391 g/mol. The highest BCUT2D eigenvalue weighted by atomic mass is 32.2. The van der Waals surface area contributed by atoms with Crippen LogP contribution in [0.4, 0.5) is 0 Å². The highest BCUT2D eigenvalue weighted by Gasteiger charge is 2.15. The van der Waals surface area contributed by atoms with Gasteiger partial charge in [0.15, 0.2) is 5.76 Å². The standard InChI is InChI=1S/C21H17N3O3S/c25-28(26,24-14-18-8-4-5-13-22-18)19-11-9-17(10-12-19)21-23-15-20(27-21)16-6-2-1-3-7-16/h1-13,15,24H,14H2. The van der Waals surface area contributed by atoms with Crippen LogP contribution in [0.25, 0.3) is 22.8 Å². The zero-order chi connectivity index (χ0) is 19.4. The van der Waals surface area contributed by atoms with Crippen LogP contribution in [0.5, 0.6) is 0 Å². The Morgan fingerprint density at radius 2 is 1.57 bits per heavy atom.